The number of hydrogen-bond donors (Lipinski definition) is 1. The molecule has 0 aromatic carbocycles. The second kappa shape index (κ2) is 7.48. The Balaban J connectivity index is 0.000000722. The molecule has 0 saturated carbocycles. The van der Waals surface area contributed by atoms with E-state index < -0.39 is 18.0 Å². The molecule has 3 aliphatic heterocycles. The summed E-state index contributed by atoms with van der Waals surface area (Å²) in [6.45, 7) is 2.74. The third-order valence-corrected chi connectivity index (χ3v) is 2.94. The quantitative estimate of drug-likeness (QED) is 0.433. The average molecular weight is 499 g/mol. The fraction of sp³-hybridized carbons (Fsp3) is 0.889. The van der Waals surface area contributed by atoms with Gasteiger partial charge in [-0.05, 0) is 0 Å². The second-order valence-corrected chi connectivity index (χ2v) is 3.84. The van der Waals surface area contributed by atoms with Crippen LogP contribution in [-0.4, -0.2) is 55.6 Å². The molecule has 0 aromatic heterocycles. The number of ether oxygens (including phenoxy) is 5. The predicted octanol–water partition coefficient (Wildman–Crippen LogP) is -0.976. The monoisotopic (exact) mass is 499 g/mol. The molecule has 0 unspecified atom stereocenters. The first-order valence-electron chi connectivity index (χ1n) is 4.98. The molecular formula is C9H13O6Pr2-. The van der Waals surface area contributed by atoms with Crippen LogP contribution in [0, 0.1) is 89.4 Å². The van der Waals surface area contributed by atoms with Gasteiger partial charge in [0.05, 0.1) is 32.0 Å². The van der Waals surface area contributed by atoms with E-state index in [4.69, 9.17) is 23.7 Å². The standard InChI is InChI=1S/C9H13O6.2Pr/c10-8-7-6(12-5-13-7)3-15-9(8)4-11-1-2-14-9;;/h5-8,10H,1-4H2;;/q-1;;/t6-,7-,8+,9-;;/m1../s1. The summed E-state index contributed by atoms with van der Waals surface area (Å²) in [6.07, 6.45) is -1.58. The van der Waals surface area contributed by atoms with Crippen LogP contribution in [-0.2, 0) is 23.7 Å². The van der Waals surface area contributed by atoms with Crippen molar-refractivity contribution >= 4 is 0 Å². The van der Waals surface area contributed by atoms with E-state index in [1.54, 1.807) is 0 Å². The Bertz CT molecular complexity index is 248. The van der Waals surface area contributed by atoms with Gasteiger partial charge in [0.1, 0.15) is 12.7 Å². The van der Waals surface area contributed by atoms with E-state index in [-0.39, 0.29) is 95.3 Å². The first-order valence-corrected chi connectivity index (χ1v) is 4.98. The number of aliphatic hydroxyl groups is 1. The van der Waals surface area contributed by atoms with Crippen molar-refractivity contribution in [3.63, 3.8) is 0 Å². The van der Waals surface area contributed by atoms with Crippen LogP contribution < -0.4 is 0 Å². The molecule has 2 radical (unpaired) electrons. The number of fused-ring (bicyclic) bond motifs is 1. The van der Waals surface area contributed by atoms with Crippen LogP contribution in [0.1, 0.15) is 0 Å². The minimum atomic E-state index is -1.08. The van der Waals surface area contributed by atoms with Gasteiger partial charge in [0, 0.05) is 82.6 Å². The van der Waals surface area contributed by atoms with Crippen molar-refractivity contribution in [2.75, 3.05) is 26.4 Å². The Hall–Kier alpha value is 2.49. The van der Waals surface area contributed by atoms with E-state index in [2.05, 4.69) is 0 Å². The van der Waals surface area contributed by atoms with Gasteiger partial charge in [0.2, 0.25) is 5.79 Å². The first kappa shape index (κ1) is 17.5. The summed E-state index contributed by atoms with van der Waals surface area (Å²) in [5, 5.41) is 10.1. The fourth-order valence-electron chi connectivity index (χ4n) is 2.09. The summed E-state index contributed by atoms with van der Waals surface area (Å²) >= 11 is 0. The SMILES string of the molecule is O[C@H]1[C@@H]2O[CH-]O[C@@H]2CO[C@]12COCCO2.[Pr].[Pr]. The largest absolute Gasteiger partial charge is 0.519 e. The van der Waals surface area contributed by atoms with Gasteiger partial charge in [-0.1, -0.05) is 6.79 Å². The maximum absolute atomic E-state index is 10.1. The molecule has 1 spiro atoms. The maximum atomic E-state index is 10.1. The molecule has 0 amide bonds. The van der Waals surface area contributed by atoms with Crippen molar-refractivity contribution in [3.8, 4) is 0 Å². The van der Waals surface area contributed by atoms with Crippen LogP contribution in [0.5, 0.6) is 0 Å². The minimum Gasteiger partial charge on any atom is -0.519 e. The fourth-order valence-corrected chi connectivity index (χ4v) is 2.09. The second-order valence-electron chi connectivity index (χ2n) is 3.84. The van der Waals surface area contributed by atoms with Gasteiger partial charge in [0.15, 0.2) is 0 Å². The van der Waals surface area contributed by atoms with E-state index >= 15 is 0 Å². The Morgan fingerprint density at radius 3 is 2.65 bits per heavy atom. The van der Waals surface area contributed by atoms with E-state index in [0.717, 1.165) is 0 Å². The molecule has 3 aliphatic rings. The Morgan fingerprint density at radius 1 is 1.12 bits per heavy atom. The molecular weight excluding hydrogens is 486 g/mol. The third-order valence-electron chi connectivity index (χ3n) is 2.94. The van der Waals surface area contributed by atoms with Crippen LogP contribution in [0.3, 0.4) is 0 Å². The number of hydrogen-bond acceptors (Lipinski definition) is 6. The Labute approximate surface area is 166 Å². The molecule has 3 saturated heterocycles. The molecule has 3 rings (SSSR count). The number of rotatable bonds is 0. The van der Waals surface area contributed by atoms with Gasteiger partial charge >= 0.3 is 0 Å². The molecule has 4 atom stereocenters. The normalized spacial score (nSPS) is 44.6. The molecule has 92 valence electrons. The molecule has 1 N–H and O–H groups in total. The van der Waals surface area contributed by atoms with E-state index in [0.29, 0.717) is 19.8 Å². The van der Waals surface area contributed by atoms with Crippen LogP contribution in [0.25, 0.3) is 0 Å². The van der Waals surface area contributed by atoms with Crippen LogP contribution >= 0.6 is 0 Å². The van der Waals surface area contributed by atoms with Crippen LogP contribution in [0.4, 0.5) is 0 Å². The topological polar surface area (TPSA) is 66.4 Å². The summed E-state index contributed by atoms with van der Waals surface area (Å²) in [7, 11) is 0. The van der Waals surface area contributed by atoms with Crippen LogP contribution in [0.2, 0.25) is 0 Å². The molecule has 6 nitrogen and oxygen atoms in total. The van der Waals surface area contributed by atoms with Gasteiger partial charge in [-0.2, -0.15) is 0 Å². The summed E-state index contributed by atoms with van der Waals surface area (Å²) in [5.74, 6) is -1.08. The van der Waals surface area contributed by atoms with Crippen molar-refractivity contribution in [1.82, 2.24) is 0 Å². The molecule has 3 fully saturated rings. The van der Waals surface area contributed by atoms with Crippen molar-refractivity contribution in [2.45, 2.75) is 24.1 Å². The summed E-state index contributed by atoms with van der Waals surface area (Å²) in [6, 6.07) is 0. The van der Waals surface area contributed by atoms with Gasteiger partial charge in [-0.3, -0.25) is 0 Å². The van der Waals surface area contributed by atoms with Crippen molar-refractivity contribution in [1.29, 1.82) is 0 Å². The zero-order chi connectivity index (χ0) is 10.3. The van der Waals surface area contributed by atoms with Gasteiger partial charge < -0.3 is 28.8 Å². The predicted molar refractivity (Wildman–Crippen MR) is 45.5 cm³/mol. The van der Waals surface area contributed by atoms with Crippen molar-refractivity contribution < 1.29 is 111 Å². The summed E-state index contributed by atoms with van der Waals surface area (Å²) in [4.78, 5) is 0. The Kier molecular flexibility index (Phi) is 7.72. The van der Waals surface area contributed by atoms with Crippen molar-refractivity contribution in [3.05, 3.63) is 6.79 Å². The zero-order valence-corrected chi connectivity index (χ0v) is 16.7. The minimum absolute atomic E-state index is 0. The van der Waals surface area contributed by atoms with E-state index in [9.17, 15) is 5.11 Å². The number of aliphatic hydroxyl groups excluding tert-OH is 1. The van der Waals surface area contributed by atoms with E-state index in [1.807, 2.05) is 0 Å². The van der Waals surface area contributed by atoms with Gasteiger partial charge in [-0.15, -0.1) is 0 Å². The maximum Gasteiger partial charge on any atom is 0.221 e. The molecule has 8 heteroatoms. The van der Waals surface area contributed by atoms with Gasteiger partial charge in [-0.25, -0.2) is 0 Å². The molecule has 0 aromatic rings. The first-order chi connectivity index (χ1) is 7.32. The summed E-state index contributed by atoms with van der Waals surface area (Å²) in [5.41, 5.74) is 0. The van der Waals surface area contributed by atoms with Gasteiger partial charge in [0.25, 0.3) is 0 Å². The van der Waals surface area contributed by atoms with E-state index in [1.165, 1.54) is 6.79 Å². The smallest absolute Gasteiger partial charge is 0.221 e. The Morgan fingerprint density at radius 2 is 1.94 bits per heavy atom. The molecule has 3 heterocycles. The average Bonchev–Trinajstić information content (AvgIpc) is 2.74. The third kappa shape index (κ3) is 3.39. The molecule has 0 aliphatic carbocycles. The molecule has 17 heavy (non-hydrogen) atoms. The molecule has 0 bridgehead atoms. The van der Waals surface area contributed by atoms with Crippen molar-refractivity contribution in [2.24, 2.45) is 0 Å². The van der Waals surface area contributed by atoms with Crippen LogP contribution in [0.15, 0.2) is 0 Å². The zero-order valence-electron chi connectivity index (χ0n) is 9.28. The summed E-state index contributed by atoms with van der Waals surface area (Å²) < 4.78 is 26.6.